The minimum absolute atomic E-state index is 0.228. The van der Waals surface area contributed by atoms with Gasteiger partial charge in [-0.3, -0.25) is 9.38 Å². The third-order valence-corrected chi connectivity index (χ3v) is 3.63. The predicted molar refractivity (Wildman–Crippen MR) is 72.6 cm³/mol. The van der Waals surface area contributed by atoms with Crippen LogP contribution in [0.1, 0.15) is 24.4 Å². The van der Waals surface area contributed by atoms with Gasteiger partial charge in [0.15, 0.2) is 4.96 Å². The summed E-state index contributed by atoms with van der Waals surface area (Å²) in [6.07, 6.45) is 5.91. The van der Waals surface area contributed by atoms with Crippen LogP contribution in [0.2, 0.25) is 0 Å². The van der Waals surface area contributed by atoms with E-state index in [-0.39, 0.29) is 6.04 Å². The first-order valence-corrected chi connectivity index (χ1v) is 6.76. The first-order chi connectivity index (χ1) is 8.83. The van der Waals surface area contributed by atoms with E-state index < -0.39 is 0 Å². The van der Waals surface area contributed by atoms with Crippen LogP contribution in [0.5, 0.6) is 0 Å². The molecule has 0 bridgehead atoms. The van der Waals surface area contributed by atoms with Gasteiger partial charge in [0, 0.05) is 36.6 Å². The largest absolute Gasteiger partial charge is 0.303 e. The molecule has 0 amide bonds. The summed E-state index contributed by atoms with van der Waals surface area (Å²) in [5, 5.41) is 5.47. The van der Waals surface area contributed by atoms with Crippen LogP contribution in [0.15, 0.2) is 42.2 Å². The zero-order valence-electron chi connectivity index (χ0n) is 10.1. The molecule has 0 aliphatic rings. The van der Waals surface area contributed by atoms with Crippen molar-refractivity contribution in [3.63, 3.8) is 0 Å². The molecule has 92 valence electrons. The van der Waals surface area contributed by atoms with Gasteiger partial charge in [-0.1, -0.05) is 6.07 Å². The smallest absolute Gasteiger partial charge is 0.193 e. The molecule has 1 N–H and O–H groups in total. The average Bonchev–Trinajstić information content (AvgIpc) is 2.97. The lowest BCUT2D eigenvalue weighted by Gasteiger charge is -2.11. The van der Waals surface area contributed by atoms with Gasteiger partial charge in [-0.2, -0.15) is 0 Å². The highest BCUT2D eigenvalue weighted by Gasteiger charge is 2.07. The number of hydrogen-bond donors (Lipinski definition) is 1. The maximum atomic E-state index is 4.54. The molecule has 0 aromatic carbocycles. The van der Waals surface area contributed by atoms with E-state index in [0.29, 0.717) is 0 Å². The van der Waals surface area contributed by atoms with Gasteiger partial charge in [0.05, 0.1) is 11.4 Å². The number of rotatable bonds is 4. The molecular formula is C13H14N4S. The van der Waals surface area contributed by atoms with E-state index in [1.165, 1.54) is 0 Å². The first-order valence-electron chi connectivity index (χ1n) is 5.88. The molecule has 3 aromatic heterocycles. The number of hydrogen-bond acceptors (Lipinski definition) is 4. The van der Waals surface area contributed by atoms with E-state index >= 15 is 0 Å². The molecule has 0 radical (unpaired) electrons. The Morgan fingerprint density at radius 2 is 2.39 bits per heavy atom. The highest BCUT2D eigenvalue weighted by atomic mass is 32.1. The minimum Gasteiger partial charge on any atom is -0.303 e. The first kappa shape index (κ1) is 11.4. The van der Waals surface area contributed by atoms with Crippen LogP contribution in [0, 0.1) is 0 Å². The van der Waals surface area contributed by atoms with E-state index in [0.717, 1.165) is 22.9 Å². The summed E-state index contributed by atoms with van der Waals surface area (Å²) in [4.78, 5) is 9.91. The van der Waals surface area contributed by atoms with Crippen molar-refractivity contribution in [1.29, 1.82) is 0 Å². The number of pyridine rings is 1. The SMILES string of the molecule is CC(NCc1cn2ccsc2n1)c1ccccn1. The van der Waals surface area contributed by atoms with Crippen molar-refractivity contribution in [2.24, 2.45) is 0 Å². The Kier molecular flexibility index (Phi) is 3.08. The fraction of sp³-hybridized carbons (Fsp3) is 0.231. The number of nitrogens with zero attached hydrogens (tertiary/aromatic N) is 3. The number of nitrogens with one attached hydrogen (secondary N) is 1. The summed E-state index contributed by atoms with van der Waals surface area (Å²) in [6.45, 7) is 2.87. The van der Waals surface area contributed by atoms with E-state index in [9.17, 15) is 0 Å². The third kappa shape index (κ3) is 2.27. The molecule has 0 aliphatic heterocycles. The molecule has 0 saturated heterocycles. The molecule has 3 rings (SSSR count). The Morgan fingerprint density at radius 1 is 1.44 bits per heavy atom. The second-order valence-corrected chi connectivity index (χ2v) is 5.06. The number of thiazole rings is 1. The molecule has 18 heavy (non-hydrogen) atoms. The fourth-order valence-corrected chi connectivity index (χ4v) is 2.57. The average molecular weight is 258 g/mol. The maximum Gasteiger partial charge on any atom is 0.193 e. The van der Waals surface area contributed by atoms with Gasteiger partial charge in [-0.05, 0) is 19.1 Å². The molecular weight excluding hydrogens is 244 g/mol. The minimum atomic E-state index is 0.228. The molecule has 3 aromatic rings. The van der Waals surface area contributed by atoms with Crippen molar-refractivity contribution < 1.29 is 0 Å². The monoisotopic (exact) mass is 258 g/mol. The Bertz CT molecular complexity index is 600. The quantitative estimate of drug-likeness (QED) is 0.782. The number of imidazole rings is 1. The molecule has 0 fully saturated rings. The Balaban J connectivity index is 1.66. The molecule has 0 saturated carbocycles. The van der Waals surface area contributed by atoms with Gasteiger partial charge >= 0.3 is 0 Å². The summed E-state index contributed by atoms with van der Waals surface area (Å²) >= 11 is 1.65. The second kappa shape index (κ2) is 4.88. The van der Waals surface area contributed by atoms with Crippen molar-refractivity contribution in [2.45, 2.75) is 19.5 Å². The van der Waals surface area contributed by atoms with Gasteiger partial charge in [-0.15, -0.1) is 11.3 Å². The van der Waals surface area contributed by atoms with Crippen LogP contribution in [-0.4, -0.2) is 14.4 Å². The lowest BCUT2D eigenvalue weighted by Crippen LogP contribution is -2.19. The van der Waals surface area contributed by atoms with Gasteiger partial charge in [-0.25, -0.2) is 4.98 Å². The molecule has 0 spiro atoms. The molecule has 5 heteroatoms. The number of fused-ring (bicyclic) bond motifs is 1. The van der Waals surface area contributed by atoms with E-state index in [1.54, 1.807) is 11.3 Å². The Hall–Kier alpha value is -1.72. The normalized spacial score (nSPS) is 12.9. The fourth-order valence-electron chi connectivity index (χ4n) is 1.86. The van der Waals surface area contributed by atoms with Crippen LogP contribution in [0.4, 0.5) is 0 Å². The van der Waals surface area contributed by atoms with Crippen LogP contribution < -0.4 is 5.32 Å². The zero-order valence-corrected chi connectivity index (χ0v) is 10.9. The summed E-state index contributed by atoms with van der Waals surface area (Å²) in [5.74, 6) is 0. The second-order valence-electron chi connectivity index (χ2n) is 4.18. The Morgan fingerprint density at radius 3 is 3.17 bits per heavy atom. The summed E-state index contributed by atoms with van der Waals surface area (Å²) in [6, 6.07) is 6.20. The van der Waals surface area contributed by atoms with Gasteiger partial charge < -0.3 is 5.32 Å². The standard InChI is InChI=1S/C13H14N4S/c1-10(12-4-2-3-5-14-12)15-8-11-9-17-6-7-18-13(17)16-11/h2-7,9-10,15H,8H2,1H3. The summed E-state index contributed by atoms with van der Waals surface area (Å²) in [5.41, 5.74) is 2.11. The molecule has 4 nitrogen and oxygen atoms in total. The lowest BCUT2D eigenvalue weighted by atomic mass is 10.2. The Labute approximate surface area is 109 Å². The van der Waals surface area contributed by atoms with Crippen LogP contribution in [-0.2, 0) is 6.54 Å². The van der Waals surface area contributed by atoms with E-state index in [4.69, 9.17) is 0 Å². The number of aromatic nitrogens is 3. The van der Waals surface area contributed by atoms with Crippen LogP contribution in [0.3, 0.4) is 0 Å². The van der Waals surface area contributed by atoms with Crippen LogP contribution in [0.25, 0.3) is 4.96 Å². The van der Waals surface area contributed by atoms with Gasteiger partial charge in [0.25, 0.3) is 0 Å². The van der Waals surface area contributed by atoms with Crippen molar-refractivity contribution in [3.05, 3.63) is 53.6 Å². The van der Waals surface area contributed by atoms with Crippen molar-refractivity contribution in [1.82, 2.24) is 19.7 Å². The van der Waals surface area contributed by atoms with Crippen LogP contribution >= 0.6 is 11.3 Å². The van der Waals surface area contributed by atoms with Gasteiger partial charge in [0.1, 0.15) is 0 Å². The third-order valence-electron chi connectivity index (χ3n) is 2.86. The molecule has 0 aliphatic carbocycles. The van der Waals surface area contributed by atoms with Crippen molar-refractivity contribution in [2.75, 3.05) is 0 Å². The van der Waals surface area contributed by atoms with E-state index in [2.05, 4.69) is 28.4 Å². The molecule has 1 unspecified atom stereocenters. The van der Waals surface area contributed by atoms with Crippen molar-refractivity contribution >= 4 is 16.3 Å². The zero-order chi connectivity index (χ0) is 12.4. The molecule has 1 atom stereocenters. The molecule has 3 heterocycles. The highest BCUT2D eigenvalue weighted by Crippen LogP contribution is 2.13. The topological polar surface area (TPSA) is 42.2 Å². The summed E-state index contributed by atoms with van der Waals surface area (Å²) in [7, 11) is 0. The van der Waals surface area contributed by atoms with Crippen molar-refractivity contribution in [3.8, 4) is 0 Å². The summed E-state index contributed by atoms with van der Waals surface area (Å²) < 4.78 is 2.05. The predicted octanol–water partition coefficient (Wildman–Crippen LogP) is 2.64. The highest BCUT2D eigenvalue weighted by molar-refractivity contribution is 7.15. The van der Waals surface area contributed by atoms with E-state index in [1.807, 2.05) is 40.4 Å². The van der Waals surface area contributed by atoms with Gasteiger partial charge in [0.2, 0.25) is 0 Å². The maximum absolute atomic E-state index is 4.54. The lowest BCUT2D eigenvalue weighted by molar-refractivity contribution is 0.556.